The van der Waals surface area contributed by atoms with Gasteiger partial charge in [0.25, 0.3) is 0 Å². The molecule has 0 aliphatic carbocycles. The first-order valence-electron chi connectivity index (χ1n) is 4.21. The van der Waals surface area contributed by atoms with Gasteiger partial charge in [0.15, 0.2) is 5.78 Å². The van der Waals surface area contributed by atoms with E-state index >= 15 is 0 Å². The number of thiol groups is 1. The van der Waals surface area contributed by atoms with Crippen molar-refractivity contribution in [3.05, 3.63) is 0 Å². The van der Waals surface area contributed by atoms with Crippen LogP contribution in [0.5, 0.6) is 0 Å². The second-order valence-corrected chi connectivity index (χ2v) is 3.78. The quantitative estimate of drug-likeness (QED) is 0.582. The van der Waals surface area contributed by atoms with E-state index < -0.39 is 0 Å². The highest BCUT2D eigenvalue weighted by Crippen LogP contribution is 2.29. The average molecular weight is 171 g/mol. The van der Waals surface area contributed by atoms with E-state index in [1.807, 2.05) is 0 Å². The Hall–Kier alpha value is -0.0200. The summed E-state index contributed by atoms with van der Waals surface area (Å²) in [6.45, 7) is 2.23. The van der Waals surface area contributed by atoms with Crippen LogP contribution in [0.4, 0.5) is 0 Å². The zero-order chi connectivity index (χ0) is 7.84. The Morgan fingerprint density at radius 3 is 2.45 bits per heavy atom. The molecule has 2 bridgehead atoms. The summed E-state index contributed by atoms with van der Waals surface area (Å²) in [6.07, 6.45) is 2.17. The fraction of sp³-hybridized carbons (Fsp3) is 0.875. The van der Waals surface area contributed by atoms with Crippen molar-refractivity contribution < 1.29 is 4.79 Å². The lowest BCUT2D eigenvalue weighted by molar-refractivity contribution is -0.135. The number of hydrogen-bond acceptors (Lipinski definition) is 3. The van der Waals surface area contributed by atoms with Gasteiger partial charge in [0.1, 0.15) is 0 Å². The molecule has 3 heterocycles. The van der Waals surface area contributed by atoms with Crippen LogP contribution in [0.3, 0.4) is 0 Å². The minimum Gasteiger partial charge on any atom is -0.298 e. The van der Waals surface area contributed by atoms with Gasteiger partial charge in [0.2, 0.25) is 0 Å². The lowest BCUT2D eigenvalue weighted by atomic mass is 9.83. The Morgan fingerprint density at radius 2 is 2.09 bits per heavy atom. The third-order valence-corrected chi connectivity index (χ3v) is 3.22. The van der Waals surface area contributed by atoms with Crippen LogP contribution in [0.2, 0.25) is 0 Å². The van der Waals surface area contributed by atoms with Gasteiger partial charge in [-0.3, -0.25) is 9.69 Å². The number of piperidine rings is 3. The lowest BCUT2D eigenvalue weighted by Crippen LogP contribution is -2.56. The van der Waals surface area contributed by atoms with Gasteiger partial charge >= 0.3 is 0 Å². The molecule has 2 nitrogen and oxygen atoms in total. The van der Waals surface area contributed by atoms with E-state index in [0.717, 1.165) is 25.9 Å². The molecule has 0 N–H and O–H groups in total. The van der Waals surface area contributed by atoms with Crippen molar-refractivity contribution in [2.75, 3.05) is 18.8 Å². The maximum Gasteiger partial charge on any atom is 0.153 e. The second kappa shape index (κ2) is 2.79. The van der Waals surface area contributed by atoms with Gasteiger partial charge in [-0.05, 0) is 25.9 Å². The van der Waals surface area contributed by atoms with Crippen molar-refractivity contribution in [3.8, 4) is 0 Å². The first-order valence-corrected chi connectivity index (χ1v) is 4.85. The van der Waals surface area contributed by atoms with Crippen LogP contribution in [-0.2, 0) is 4.79 Å². The SMILES string of the molecule is O=C1C2CCN(CC2)[C@@H]1CS. The molecular formula is C8H13NOS. The molecule has 0 aromatic carbocycles. The molecule has 0 aromatic rings. The average Bonchev–Trinajstić information content (AvgIpc) is 2.06. The van der Waals surface area contributed by atoms with E-state index in [-0.39, 0.29) is 6.04 Å². The maximum absolute atomic E-state index is 11.5. The highest BCUT2D eigenvalue weighted by atomic mass is 32.1. The van der Waals surface area contributed by atoms with Crippen LogP contribution in [0.25, 0.3) is 0 Å². The number of fused-ring (bicyclic) bond motifs is 3. The number of ketones is 1. The van der Waals surface area contributed by atoms with Crippen molar-refractivity contribution in [2.45, 2.75) is 18.9 Å². The van der Waals surface area contributed by atoms with Crippen molar-refractivity contribution >= 4 is 18.4 Å². The van der Waals surface area contributed by atoms with E-state index in [9.17, 15) is 4.79 Å². The van der Waals surface area contributed by atoms with Gasteiger partial charge in [-0.2, -0.15) is 12.6 Å². The van der Waals surface area contributed by atoms with Crippen molar-refractivity contribution in [1.82, 2.24) is 4.90 Å². The Bertz CT molecular complexity index is 175. The van der Waals surface area contributed by atoms with E-state index in [1.54, 1.807) is 0 Å². The molecule has 0 saturated carbocycles. The molecule has 3 aliphatic rings. The molecule has 1 atom stereocenters. The zero-order valence-corrected chi connectivity index (χ0v) is 7.39. The first-order chi connectivity index (χ1) is 5.33. The Balaban J connectivity index is 2.16. The molecule has 0 spiro atoms. The van der Waals surface area contributed by atoms with E-state index in [2.05, 4.69) is 17.5 Å². The smallest absolute Gasteiger partial charge is 0.153 e. The number of carbonyl (C=O) groups is 1. The number of nitrogens with zero attached hydrogens (tertiary/aromatic N) is 1. The van der Waals surface area contributed by atoms with Crippen LogP contribution in [0.1, 0.15) is 12.8 Å². The van der Waals surface area contributed by atoms with E-state index in [4.69, 9.17) is 0 Å². The number of Topliss-reactive ketones (excluding diaryl/α,β-unsaturated/α-hetero) is 1. The third kappa shape index (κ3) is 1.11. The molecule has 3 rings (SSSR count). The molecule has 0 radical (unpaired) electrons. The van der Waals surface area contributed by atoms with Crippen LogP contribution in [0, 0.1) is 5.92 Å². The predicted octanol–water partition coefficient (Wildman–Crippen LogP) is 0.580. The van der Waals surface area contributed by atoms with Crippen LogP contribution < -0.4 is 0 Å². The maximum atomic E-state index is 11.5. The van der Waals surface area contributed by atoms with Crippen LogP contribution >= 0.6 is 12.6 Å². The molecule has 62 valence electrons. The summed E-state index contributed by atoms with van der Waals surface area (Å²) in [6, 6.07) is 0.144. The summed E-state index contributed by atoms with van der Waals surface area (Å²) in [5, 5.41) is 0. The number of rotatable bonds is 1. The zero-order valence-electron chi connectivity index (χ0n) is 6.49. The fourth-order valence-electron chi connectivity index (χ4n) is 2.15. The minimum absolute atomic E-state index is 0.144. The highest BCUT2D eigenvalue weighted by molar-refractivity contribution is 7.80. The summed E-state index contributed by atoms with van der Waals surface area (Å²) < 4.78 is 0. The monoisotopic (exact) mass is 171 g/mol. The van der Waals surface area contributed by atoms with Gasteiger partial charge in [-0.25, -0.2) is 0 Å². The highest BCUT2D eigenvalue weighted by Gasteiger charge is 2.39. The van der Waals surface area contributed by atoms with Gasteiger partial charge in [0, 0.05) is 11.7 Å². The normalized spacial score (nSPS) is 43.0. The summed E-state index contributed by atoms with van der Waals surface area (Å²) in [5.74, 6) is 1.52. The van der Waals surface area contributed by atoms with E-state index in [0.29, 0.717) is 17.5 Å². The summed E-state index contributed by atoms with van der Waals surface area (Å²) >= 11 is 4.19. The molecule has 3 aliphatic heterocycles. The Labute approximate surface area is 72.4 Å². The fourth-order valence-corrected chi connectivity index (χ4v) is 2.56. The van der Waals surface area contributed by atoms with E-state index in [1.165, 1.54) is 0 Å². The first kappa shape index (κ1) is 7.62. The summed E-state index contributed by atoms with van der Waals surface area (Å²) in [7, 11) is 0. The number of carbonyl (C=O) groups excluding carboxylic acids is 1. The molecule has 3 fully saturated rings. The molecule has 11 heavy (non-hydrogen) atoms. The standard InChI is InChI=1S/C8H13NOS/c10-8-6-1-3-9(4-2-6)7(8)5-11/h6-7,11H,1-5H2/t7-/m1/s1. The van der Waals surface area contributed by atoms with Crippen molar-refractivity contribution in [1.29, 1.82) is 0 Å². The lowest BCUT2D eigenvalue weighted by Gasteiger charge is -2.43. The Morgan fingerprint density at radius 1 is 1.45 bits per heavy atom. The van der Waals surface area contributed by atoms with Crippen molar-refractivity contribution in [2.24, 2.45) is 5.92 Å². The minimum atomic E-state index is 0.144. The molecule has 0 amide bonds. The van der Waals surface area contributed by atoms with Crippen LogP contribution in [-0.4, -0.2) is 35.6 Å². The number of hydrogen-bond donors (Lipinski definition) is 1. The summed E-state index contributed by atoms with van der Waals surface area (Å²) in [4.78, 5) is 13.8. The van der Waals surface area contributed by atoms with Gasteiger partial charge in [-0.1, -0.05) is 0 Å². The molecule has 3 saturated heterocycles. The summed E-state index contributed by atoms with van der Waals surface area (Å²) in [5.41, 5.74) is 0. The van der Waals surface area contributed by atoms with Gasteiger partial charge in [0.05, 0.1) is 6.04 Å². The Kier molecular flexibility index (Phi) is 1.93. The molecule has 0 aromatic heterocycles. The third-order valence-electron chi connectivity index (χ3n) is 2.87. The predicted molar refractivity (Wildman–Crippen MR) is 46.9 cm³/mol. The van der Waals surface area contributed by atoms with Gasteiger partial charge < -0.3 is 0 Å². The molecular weight excluding hydrogens is 158 g/mol. The molecule has 0 unspecified atom stereocenters. The van der Waals surface area contributed by atoms with Crippen molar-refractivity contribution in [3.63, 3.8) is 0 Å². The van der Waals surface area contributed by atoms with Gasteiger partial charge in [-0.15, -0.1) is 0 Å². The van der Waals surface area contributed by atoms with Crippen LogP contribution in [0.15, 0.2) is 0 Å². The topological polar surface area (TPSA) is 20.3 Å². The molecule has 3 heteroatoms. The largest absolute Gasteiger partial charge is 0.298 e. The second-order valence-electron chi connectivity index (χ2n) is 3.41.